The van der Waals surface area contributed by atoms with Gasteiger partial charge in [-0.2, -0.15) is 0 Å². The Kier molecular flexibility index (Phi) is 6.66. The molecule has 2 aromatic rings. The van der Waals surface area contributed by atoms with Crippen LogP contribution < -0.4 is 15.4 Å². The normalized spacial score (nSPS) is 14.4. The number of benzene rings is 2. The Balaban J connectivity index is 1.65. The van der Waals surface area contributed by atoms with Gasteiger partial charge < -0.3 is 15.4 Å². The number of carbonyl (C=O) groups excluding carboxylic acids is 2. The van der Waals surface area contributed by atoms with Crippen LogP contribution in [-0.2, 0) is 16.1 Å². The van der Waals surface area contributed by atoms with Gasteiger partial charge in [-0.3, -0.25) is 14.5 Å². The summed E-state index contributed by atoms with van der Waals surface area (Å²) in [6.45, 7) is 0.953. The minimum Gasteiger partial charge on any atom is -0.497 e. The molecule has 0 aliphatic heterocycles. The number of carbonyl (C=O) groups is 2. The first-order valence-electron chi connectivity index (χ1n) is 9.53. The van der Waals surface area contributed by atoms with Gasteiger partial charge in [0.25, 0.3) is 0 Å². The molecule has 148 valence electrons. The molecule has 1 aliphatic carbocycles. The van der Waals surface area contributed by atoms with E-state index in [9.17, 15) is 9.59 Å². The lowest BCUT2D eigenvalue weighted by molar-refractivity contribution is -0.129. The Morgan fingerprint density at radius 3 is 2.36 bits per heavy atom. The molecule has 6 heteroatoms. The van der Waals surface area contributed by atoms with Gasteiger partial charge in [-0.25, -0.2) is 0 Å². The van der Waals surface area contributed by atoms with Crippen LogP contribution in [0.1, 0.15) is 30.0 Å². The number of nitrogens with zero attached hydrogens (tertiary/aromatic N) is 1. The first-order chi connectivity index (χ1) is 13.6. The van der Waals surface area contributed by atoms with Gasteiger partial charge in [-0.15, -0.1) is 0 Å². The van der Waals surface area contributed by atoms with E-state index in [1.54, 1.807) is 14.2 Å². The predicted molar refractivity (Wildman–Crippen MR) is 108 cm³/mol. The van der Waals surface area contributed by atoms with Gasteiger partial charge in [0.1, 0.15) is 11.8 Å². The summed E-state index contributed by atoms with van der Waals surface area (Å²) in [5.41, 5.74) is 1.90. The standard InChI is InChI=1S/C22H27N3O3/c1-23-22(27)21(17-6-4-3-5-7-17)24-20(26)15-25(18-10-11-18)14-16-8-12-19(28-2)13-9-16/h3-9,12-13,18,21H,10-11,14-15H2,1-2H3,(H,23,27)(H,24,26). The molecule has 1 fully saturated rings. The van der Waals surface area contributed by atoms with E-state index in [1.807, 2.05) is 54.6 Å². The molecule has 2 amide bonds. The van der Waals surface area contributed by atoms with Crippen molar-refractivity contribution in [1.29, 1.82) is 0 Å². The Morgan fingerprint density at radius 1 is 1.11 bits per heavy atom. The smallest absolute Gasteiger partial charge is 0.246 e. The van der Waals surface area contributed by atoms with Crippen LogP contribution in [0.3, 0.4) is 0 Å². The largest absolute Gasteiger partial charge is 0.497 e. The zero-order valence-corrected chi connectivity index (χ0v) is 16.4. The van der Waals surface area contributed by atoms with Gasteiger partial charge in [0.05, 0.1) is 13.7 Å². The molecule has 2 N–H and O–H groups in total. The zero-order valence-electron chi connectivity index (χ0n) is 16.4. The molecule has 2 aromatic carbocycles. The van der Waals surface area contributed by atoms with Crippen molar-refractivity contribution in [3.63, 3.8) is 0 Å². The van der Waals surface area contributed by atoms with E-state index in [0.717, 1.165) is 29.7 Å². The topological polar surface area (TPSA) is 70.7 Å². The monoisotopic (exact) mass is 381 g/mol. The molecule has 1 atom stereocenters. The maximum absolute atomic E-state index is 12.7. The third kappa shape index (κ3) is 5.33. The van der Waals surface area contributed by atoms with E-state index in [1.165, 1.54) is 0 Å². The molecule has 0 saturated heterocycles. The van der Waals surface area contributed by atoms with Crippen molar-refractivity contribution >= 4 is 11.8 Å². The van der Waals surface area contributed by atoms with Crippen molar-refractivity contribution in [2.24, 2.45) is 0 Å². The van der Waals surface area contributed by atoms with Gasteiger partial charge in [0.2, 0.25) is 11.8 Å². The van der Waals surface area contributed by atoms with Crippen LogP contribution in [0.4, 0.5) is 0 Å². The molecule has 1 aliphatic rings. The number of nitrogens with one attached hydrogen (secondary N) is 2. The third-order valence-corrected chi connectivity index (χ3v) is 4.90. The lowest BCUT2D eigenvalue weighted by atomic mass is 10.1. The molecule has 0 bridgehead atoms. The van der Waals surface area contributed by atoms with E-state index >= 15 is 0 Å². The number of likely N-dealkylation sites (N-methyl/N-ethyl adjacent to an activating group) is 1. The van der Waals surface area contributed by atoms with Crippen molar-refractivity contribution in [1.82, 2.24) is 15.5 Å². The second kappa shape index (κ2) is 9.37. The number of hydrogen-bond acceptors (Lipinski definition) is 4. The van der Waals surface area contributed by atoms with E-state index < -0.39 is 6.04 Å². The van der Waals surface area contributed by atoms with Crippen molar-refractivity contribution < 1.29 is 14.3 Å². The molecule has 6 nitrogen and oxygen atoms in total. The van der Waals surface area contributed by atoms with Crippen LogP contribution in [0.2, 0.25) is 0 Å². The van der Waals surface area contributed by atoms with E-state index in [2.05, 4.69) is 15.5 Å². The van der Waals surface area contributed by atoms with E-state index in [-0.39, 0.29) is 18.4 Å². The minimum atomic E-state index is -0.694. The Hall–Kier alpha value is -2.86. The van der Waals surface area contributed by atoms with Crippen molar-refractivity contribution in [3.8, 4) is 5.75 Å². The average molecular weight is 381 g/mol. The molecule has 1 saturated carbocycles. The Bertz CT molecular complexity index is 788. The van der Waals surface area contributed by atoms with E-state index in [0.29, 0.717) is 12.6 Å². The summed E-state index contributed by atoms with van der Waals surface area (Å²) in [6.07, 6.45) is 2.20. The summed E-state index contributed by atoms with van der Waals surface area (Å²) < 4.78 is 5.20. The lowest BCUT2D eigenvalue weighted by Gasteiger charge is -2.24. The fourth-order valence-electron chi connectivity index (χ4n) is 3.20. The summed E-state index contributed by atoms with van der Waals surface area (Å²) in [5, 5.41) is 5.52. The summed E-state index contributed by atoms with van der Waals surface area (Å²) in [6, 6.07) is 16.9. The predicted octanol–water partition coefficient (Wildman–Crippen LogP) is 2.26. The maximum atomic E-state index is 12.7. The quantitative estimate of drug-likeness (QED) is 0.699. The highest BCUT2D eigenvalue weighted by Crippen LogP contribution is 2.28. The first-order valence-corrected chi connectivity index (χ1v) is 9.53. The van der Waals surface area contributed by atoms with Crippen molar-refractivity contribution in [3.05, 3.63) is 65.7 Å². The number of methoxy groups -OCH3 is 1. The molecule has 1 unspecified atom stereocenters. The highest BCUT2D eigenvalue weighted by molar-refractivity contribution is 5.89. The van der Waals surface area contributed by atoms with Crippen molar-refractivity contribution in [2.75, 3.05) is 20.7 Å². The number of ether oxygens (including phenoxy) is 1. The number of rotatable bonds is 9. The minimum absolute atomic E-state index is 0.155. The SMILES string of the molecule is CNC(=O)C(NC(=O)CN(Cc1ccc(OC)cc1)C1CC1)c1ccccc1. The van der Waals surface area contributed by atoms with Crippen LogP contribution in [0.5, 0.6) is 5.75 Å². The van der Waals surface area contributed by atoms with Gasteiger partial charge in [-0.05, 0) is 36.1 Å². The van der Waals surface area contributed by atoms with Gasteiger partial charge >= 0.3 is 0 Å². The third-order valence-electron chi connectivity index (χ3n) is 4.90. The summed E-state index contributed by atoms with van der Waals surface area (Å²) in [5.74, 6) is 0.432. The fraction of sp³-hybridized carbons (Fsp3) is 0.364. The van der Waals surface area contributed by atoms with Crippen molar-refractivity contribution in [2.45, 2.75) is 31.5 Å². The summed E-state index contributed by atoms with van der Waals surface area (Å²) in [7, 11) is 3.22. The highest BCUT2D eigenvalue weighted by atomic mass is 16.5. The molecule has 28 heavy (non-hydrogen) atoms. The summed E-state index contributed by atoms with van der Waals surface area (Å²) >= 11 is 0. The Labute approximate surface area is 165 Å². The van der Waals surface area contributed by atoms with E-state index in [4.69, 9.17) is 4.74 Å². The van der Waals surface area contributed by atoms with Gasteiger partial charge in [0.15, 0.2) is 0 Å². The molecule has 0 aromatic heterocycles. The van der Waals surface area contributed by atoms with Gasteiger partial charge in [0, 0.05) is 19.6 Å². The molecule has 0 spiro atoms. The molecule has 0 heterocycles. The maximum Gasteiger partial charge on any atom is 0.246 e. The Morgan fingerprint density at radius 2 is 1.79 bits per heavy atom. The second-order valence-corrected chi connectivity index (χ2v) is 7.01. The average Bonchev–Trinajstić information content (AvgIpc) is 3.57. The van der Waals surface area contributed by atoms with Crippen LogP contribution >= 0.6 is 0 Å². The summed E-state index contributed by atoms with van der Waals surface area (Å²) in [4.78, 5) is 27.2. The molecule has 3 rings (SSSR count). The second-order valence-electron chi connectivity index (χ2n) is 7.01. The zero-order chi connectivity index (χ0) is 19.9. The molecular formula is C22H27N3O3. The van der Waals surface area contributed by atoms with Gasteiger partial charge in [-0.1, -0.05) is 42.5 Å². The number of hydrogen-bond donors (Lipinski definition) is 2. The van der Waals surface area contributed by atoms with Crippen LogP contribution in [0.25, 0.3) is 0 Å². The van der Waals surface area contributed by atoms with Crippen LogP contribution in [0.15, 0.2) is 54.6 Å². The van der Waals surface area contributed by atoms with Crippen LogP contribution in [0, 0.1) is 0 Å². The molecule has 0 radical (unpaired) electrons. The molecular weight excluding hydrogens is 354 g/mol. The fourth-order valence-corrected chi connectivity index (χ4v) is 3.20. The lowest BCUT2D eigenvalue weighted by Crippen LogP contribution is -2.44. The number of amides is 2. The first kappa shape index (κ1) is 19.9. The highest BCUT2D eigenvalue weighted by Gasteiger charge is 2.31. The van der Waals surface area contributed by atoms with Crippen LogP contribution in [-0.4, -0.2) is 43.5 Å².